The maximum Gasteiger partial charge on any atom is 0.312 e. The number of ether oxygens (including phenoxy) is 1. The summed E-state index contributed by atoms with van der Waals surface area (Å²) in [5.74, 6) is 4.18. The maximum atomic E-state index is 13.4. The fourth-order valence-corrected chi connectivity index (χ4v) is 8.02. The minimum Gasteiger partial charge on any atom is -0.462 e. The minimum absolute atomic E-state index is 0.152. The Bertz CT molecular complexity index is 549. The molecule has 0 aromatic carbocycles. The van der Waals surface area contributed by atoms with Gasteiger partial charge in [-0.15, -0.1) is 0 Å². The van der Waals surface area contributed by atoms with Gasteiger partial charge < -0.3 is 4.74 Å². The lowest BCUT2D eigenvalue weighted by Crippen LogP contribution is -2.56. The topological polar surface area (TPSA) is 26.3 Å². The fraction of sp³-hybridized carbons (Fsp3) is 0.960. The number of fused-ring (bicyclic) bond motifs is 3. The van der Waals surface area contributed by atoms with Crippen LogP contribution in [0.1, 0.15) is 105 Å². The minimum atomic E-state index is -0.241. The first kappa shape index (κ1) is 19.8. The SMILES string of the molecule is CC(C)C1CC[C@H]2C(CCC3[C@](C)(C(=O)OC4CCCC4)CCC[C@@]32C)C1. The number of esters is 1. The van der Waals surface area contributed by atoms with Crippen molar-refractivity contribution in [3.63, 3.8) is 0 Å². The number of carbonyl (C=O) groups is 1. The van der Waals surface area contributed by atoms with E-state index in [2.05, 4.69) is 27.7 Å². The van der Waals surface area contributed by atoms with Gasteiger partial charge in [-0.1, -0.05) is 27.2 Å². The second-order valence-electron chi connectivity index (χ2n) is 11.4. The molecule has 2 nitrogen and oxygen atoms in total. The Morgan fingerprint density at radius 3 is 2.37 bits per heavy atom. The van der Waals surface area contributed by atoms with Crippen LogP contribution in [-0.2, 0) is 9.53 Å². The molecule has 2 heteroatoms. The molecule has 0 spiro atoms. The van der Waals surface area contributed by atoms with Crippen LogP contribution in [0, 0.1) is 40.4 Å². The average Bonchev–Trinajstić information content (AvgIpc) is 3.14. The van der Waals surface area contributed by atoms with Crippen LogP contribution in [0.25, 0.3) is 0 Å². The van der Waals surface area contributed by atoms with Crippen LogP contribution in [-0.4, -0.2) is 12.1 Å². The van der Waals surface area contributed by atoms with Gasteiger partial charge in [-0.3, -0.25) is 4.79 Å². The second kappa shape index (κ2) is 7.38. The third-order valence-corrected chi connectivity index (χ3v) is 9.66. The zero-order valence-corrected chi connectivity index (χ0v) is 18.3. The van der Waals surface area contributed by atoms with E-state index in [0.717, 1.165) is 42.9 Å². The molecule has 0 aliphatic heterocycles. The van der Waals surface area contributed by atoms with E-state index in [1.165, 1.54) is 57.8 Å². The predicted molar refractivity (Wildman–Crippen MR) is 110 cm³/mol. The van der Waals surface area contributed by atoms with Gasteiger partial charge in [0, 0.05) is 0 Å². The molecule has 0 heterocycles. The highest BCUT2D eigenvalue weighted by atomic mass is 16.5. The number of hydrogen-bond donors (Lipinski definition) is 0. The summed E-state index contributed by atoms with van der Waals surface area (Å²) in [5.41, 5.74) is 0.113. The molecule has 4 rings (SSSR count). The van der Waals surface area contributed by atoms with Gasteiger partial charge in [0.2, 0.25) is 0 Å². The summed E-state index contributed by atoms with van der Waals surface area (Å²) >= 11 is 0. The summed E-state index contributed by atoms with van der Waals surface area (Å²) in [6, 6.07) is 0. The predicted octanol–water partition coefficient (Wildman–Crippen LogP) is 6.77. The normalized spacial score (nSPS) is 45.4. The molecule has 3 unspecified atom stereocenters. The van der Waals surface area contributed by atoms with Gasteiger partial charge in [0.1, 0.15) is 6.10 Å². The van der Waals surface area contributed by atoms with E-state index in [0.29, 0.717) is 11.3 Å². The molecule has 4 fully saturated rings. The number of carbonyl (C=O) groups excluding carboxylic acids is 1. The Morgan fingerprint density at radius 1 is 0.926 bits per heavy atom. The summed E-state index contributed by atoms with van der Waals surface area (Å²) in [7, 11) is 0. The van der Waals surface area contributed by atoms with Crippen LogP contribution in [0.2, 0.25) is 0 Å². The highest BCUT2D eigenvalue weighted by Crippen LogP contribution is 2.64. The van der Waals surface area contributed by atoms with Gasteiger partial charge >= 0.3 is 5.97 Å². The molecule has 27 heavy (non-hydrogen) atoms. The molecule has 0 aromatic heterocycles. The van der Waals surface area contributed by atoms with Gasteiger partial charge in [-0.25, -0.2) is 0 Å². The van der Waals surface area contributed by atoms with E-state index >= 15 is 0 Å². The molecule has 0 bridgehead atoms. The van der Waals surface area contributed by atoms with E-state index in [1.54, 1.807) is 0 Å². The van der Waals surface area contributed by atoms with E-state index in [9.17, 15) is 4.79 Å². The number of rotatable bonds is 3. The van der Waals surface area contributed by atoms with Gasteiger partial charge in [0.05, 0.1) is 5.41 Å². The Hall–Kier alpha value is -0.530. The molecule has 6 atom stereocenters. The summed E-state index contributed by atoms with van der Waals surface area (Å²) in [6.07, 6.45) is 15.3. The van der Waals surface area contributed by atoms with Crippen molar-refractivity contribution in [3.05, 3.63) is 0 Å². The van der Waals surface area contributed by atoms with Crippen LogP contribution < -0.4 is 0 Å². The molecule has 4 aliphatic rings. The van der Waals surface area contributed by atoms with Crippen LogP contribution >= 0.6 is 0 Å². The highest BCUT2D eigenvalue weighted by Gasteiger charge is 2.59. The molecule has 0 aromatic rings. The Morgan fingerprint density at radius 2 is 1.67 bits per heavy atom. The first-order valence-electron chi connectivity index (χ1n) is 12.1. The zero-order valence-electron chi connectivity index (χ0n) is 18.3. The first-order valence-corrected chi connectivity index (χ1v) is 12.1. The lowest BCUT2D eigenvalue weighted by Gasteiger charge is -2.61. The molecule has 0 saturated heterocycles. The van der Waals surface area contributed by atoms with Crippen molar-refractivity contribution in [1.29, 1.82) is 0 Å². The summed E-state index contributed by atoms with van der Waals surface area (Å²) in [4.78, 5) is 13.4. The molecular formula is C25H42O2. The fourth-order valence-electron chi connectivity index (χ4n) is 8.02. The Balaban J connectivity index is 1.52. The van der Waals surface area contributed by atoms with Crippen LogP contribution in [0.3, 0.4) is 0 Å². The standard InChI is InChI=1S/C25H42O2/c1-17(2)18-10-12-21-19(16-18)11-13-22-24(21,3)14-7-15-25(22,4)23(26)27-20-8-5-6-9-20/h17-22H,5-16H2,1-4H3/t18?,19?,21-,22?,24+,25+/m0/s1. The van der Waals surface area contributed by atoms with E-state index in [-0.39, 0.29) is 17.5 Å². The van der Waals surface area contributed by atoms with Crippen molar-refractivity contribution < 1.29 is 9.53 Å². The van der Waals surface area contributed by atoms with Crippen molar-refractivity contribution in [2.24, 2.45) is 40.4 Å². The van der Waals surface area contributed by atoms with Crippen molar-refractivity contribution in [2.45, 2.75) is 111 Å². The second-order valence-corrected chi connectivity index (χ2v) is 11.4. The monoisotopic (exact) mass is 374 g/mol. The summed E-state index contributed by atoms with van der Waals surface area (Å²) < 4.78 is 6.09. The van der Waals surface area contributed by atoms with Crippen LogP contribution in [0.5, 0.6) is 0 Å². The average molecular weight is 375 g/mol. The van der Waals surface area contributed by atoms with Gasteiger partial charge in [-0.05, 0) is 113 Å². The van der Waals surface area contributed by atoms with E-state index in [1.807, 2.05) is 0 Å². The third kappa shape index (κ3) is 3.38. The maximum absolute atomic E-state index is 13.4. The van der Waals surface area contributed by atoms with Gasteiger partial charge in [-0.2, -0.15) is 0 Å². The Labute approximate surface area is 167 Å². The zero-order chi connectivity index (χ0) is 19.2. The van der Waals surface area contributed by atoms with Crippen LogP contribution in [0.4, 0.5) is 0 Å². The van der Waals surface area contributed by atoms with Crippen LogP contribution in [0.15, 0.2) is 0 Å². The Kier molecular flexibility index (Phi) is 5.40. The van der Waals surface area contributed by atoms with Gasteiger partial charge in [0.15, 0.2) is 0 Å². The molecule has 4 saturated carbocycles. The third-order valence-electron chi connectivity index (χ3n) is 9.66. The van der Waals surface area contributed by atoms with E-state index in [4.69, 9.17) is 4.74 Å². The van der Waals surface area contributed by atoms with Crippen molar-refractivity contribution in [2.75, 3.05) is 0 Å². The molecule has 0 N–H and O–H groups in total. The molecule has 4 aliphatic carbocycles. The molecule has 154 valence electrons. The van der Waals surface area contributed by atoms with Gasteiger partial charge in [0.25, 0.3) is 0 Å². The molecular weight excluding hydrogens is 332 g/mol. The lowest BCUT2D eigenvalue weighted by molar-refractivity contribution is -0.183. The van der Waals surface area contributed by atoms with E-state index < -0.39 is 0 Å². The largest absolute Gasteiger partial charge is 0.462 e. The van der Waals surface area contributed by atoms with Crippen molar-refractivity contribution in [3.8, 4) is 0 Å². The van der Waals surface area contributed by atoms with Crippen molar-refractivity contribution >= 4 is 5.97 Å². The lowest BCUT2D eigenvalue weighted by atomic mass is 9.43. The highest BCUT2D eigenvalue weighted by molar-refractivity contribution is 5.77. The van der Waals surface area contributed by atoms with Crippen molar-refractivity contribution in [1.82, 2.24) is 0 Å². The molecule has 0 radical (unpaired) electrons. The number of hydrogen-bond acceptors (Lipinski definition) is 2. The summed E-state index contributed by atoms with van der Waals surface area (Å²) in [5, 5.41) is 0. The first-order chi connectivity index (χ1) is 12.8. The molecule has 0 amide bonds. The smallest absolute Gasteiger partial charge is 0.312 e. The summed E-state index contributed by atoms with van der Waals surface area (Å²) in [6.45, 7) is 9.65. The quantitative estimate of drug-likeness (QED) is 0.510.